The van der Waals surface area contributed by atoms with Crippen LogP contribution in [0.2, 0.25) is 5.02 Å². The number of carbonyl (C=O) groups excluding carboxylic acids is 1. The van der Waals surface area contributed by atoms with Crippen molar-refractivity contribution in [3.8, 4) is 17.6 Å². The molecule has 3 N–H and O–H groups in total. The van der Waals surface area contributed by atoms with Crippen molar-refractivity contribution in [2.24, 2.45) is 5.14 Å². The number of primary sulfonamides is 1. The lowest BCUT2D eigenvalue weighted by atomic mass is 10.1. The number of sulfonamides is 1. The van der Waals surface area contributed by atoms with Gasteiger partial charge in [-0.05, 0) is 48.0 Å². The van der Waals surface area contributed by atoms with E-state index in [1.54, 1.807) is 24.3 Å². The molecule has 0 atom stereocenters. The molecule has 0 bridgehead atoms. The van der Waals surface area contributed by atoms with Gasteiger partial charge in [-0.1, -0.05) is 35.9 Å². The molecule has 152 valence electrons. The van der Waals surface area contributed by atoms with Crippen LogP contribution in [-0.4, -0.2) is 14.3 Å². The van der Waals surface area contributed by atoms with E-state index in [2.05, 4.69) is 5.32 Å². The van der Waals surface area contributed by atoms with Crippen LogP contribution < -0.4 is 15.2 Å². The van der Waals surface area contributed by atoms with Crippen molar-refractivity contribution < 1.29 is 17.9 Å². The van der Waals surface area contributed by atoms with E-state index in [4.69, 9.17) is 26.7 Å². The van der Waals surface area contributed by atoms with E-state index in [9.17, 15) is 13.2 Å². The molecule has 0 radical (unpaired) electrons. The van der Waals surface area contributed by atoms with Crippen molar-refractivity contribution in [1.82, 2.24) is 0 Å². The van der Waals surface area contributed by atoms with Crippen molar-refractivity contribution in [3.63, 3.8) is 0 Å². The fourth-order valence-electron chi connectivity index (χ4n) is 2.67. The van der Waals surface area contributed by atoms with E-state index in [1.807, 2.05) is 6.07 Å². The fourth-order valence-corrected chi connectivity index (χ4v) is 3.55. The zero-order valence-corrected chi connectivity index (χ0v) is 17.1. The maximum atomic E-state index is 12.5. The van der Waals surface area contributed by atoms with Crippen molar-refractivity contribution >= 4 is 33.2 Å². The Morgan fingerprint density at radius 3 is 2.40 bits per heavy atom. The zero-order valence-electron chi connectivity index (χ0n) is 15.5. The molecule has 1 amide bonds. The molecule has 0 aliphatic carbocycles. The SMILES string of the molecule is N#Cc1ccc(Oc2c(NC(=O)Cc3ccccc3Cl)cccc2S(N)(=O)=O)cc1. The van der Waals surface area contributed by atoms with Gasteiger partial charge in [-0.3, -0.25) is 4.79 Å². The first-order valence-corrected chi connectivity index (χ1v) is 10.6. The number of rotatable bonds is 6. The third-order valence-corrected chi connectivity index (χ3v) is 5.37. The highest BCUT2D eigenvalue weighted by Crippen LogP contribution is 2.36. The van der Waals surface area contributed by atoms with Crippen molar-refractivity contribution in [2.45, 2.75) is 11.3 Å². The van der Waals surface area contributed by atoms with Crippen molar-refractivity contribution in [3.05, 3.63) is 82.9 Å². The molecule has 0 saturated heterocycles. The van der Waals surface area contributed by atoms with Crippen LogP contribution in [0.1, 0.15) is 11.1 Å². The highest BCUT2D eigenvalue weighted by Gasteiger charge is 2.21. The fraction of sp³-hybridized carbons (Fsp3) is 0.0476. The van der Waals surface area contributed by atoms with Gasteiger partial charge in [0.1, 0.15) is 10.6 Å². The Morgan fingerprint density at radius 2 is 1.77 bits per heavy atom. The number of anilines is 1. The van der Waals surface area contributed by atoms with Gasteiger partial charge in [0.05, 0.1) is 23.7 Å². The minimum absolute atomic E-state index is 0.0183. The summed E-state index contributed by atoms with van der Waals surface area (Å²) in [4.78, 5) is 12.3. The summed E-state index contributed by atoms with van der Waals surface area (Å²) in [6.45, 7) is 0. The number of hydrogen-bond acceptors (Lipinski definition) is 5. The molecular formula is C21H16ClN3O4S. The average molecular weight is 442 g/mol. The number of hydrogen-bond donors (Lipinski definition) is 2. The van der Waals surface area contributed by atoms with Crippen LogP contribution in [0.5, 0.6) is 11.5 Å². The normalized spacial score (nSPS) is 10.8. The second-order valence-corrected chi connectivity index (χ2v) is 8.17. The lowest BCUT2D eigenvalue weighted by molar-refractivity contribution is -0.115. The molecule has 0 saturated carbocycles. The highest BCUT2D eigenvalue weighted by atomic mass is 35.5. The Hall–Kier alpha value is -3.38. The first-order chi connectivity index (χ1) is 14.3. The quantitative estimate of drug-likeness (QED) is 0.601. The molecule has 0 aromatic heterocycles. The summed E-state index contributed by atoms with van der Waals surface area (Å²) in [5.74, 6) is -0.275. The van der Waals surface area contributed by atoms with E-state index in [0.717, 1.165) is 0 Å². The number of ether oxygens (including phenoxy) is 1. The summed E-state index contributed by atoms with van der Waals surface area (Å²) < 4.78 is 29.8. The summed E-state index contributed by atoms with van der Waals surface area (Å²) in [6, 6.07) is 19.2. The second-order valence-electron chi connectivity index (χ2n) is 6.23. The van der Waals surface area contributed by atoms with E-state index < -0.39 is 15.9 Å². The molecule has 30 heavy (non-hydrogen) atoms. The van der Waals surface area contributed by atoms with Gasteiger partial charge in [0.25, 0.3) is 0 Å². The number of nitrogens with zero attached hydrogens (tertiary/aromatic N) is 1. The molecule has 0 unspecified atom stereocenters. The van der Waals surface area contributed by atoms with Gasteiger partial charge in [0.15, 0.2) is 5.75 Å². The predicted molar refractivity (Wildman–Crippen MR) is 113 cm³/mol. The third kappa shape index (κ3) is 5.15. The maximum absolute atomic E-state index is 12.5. The lowest BCUT2D eigenvalue weighted by Gasteiger charge is -2.15. The Labute approximate surface area is 178 Å². The maximum Gasteiger partial charge on any atom is 0.241 e. The van der Waals surface area contributed by atoms with Crippen LogP contribution in [-0.2, 0) is 21.2 Å². The van der Waals surface area contributed by atoms with E-state index in [1.165, 1.54) is 42.5 Å². The molecule has 0 aliphatic rings. The number of amides is 1. The van der Waals surface area contributed by atoms with Gasteiger partial charge in [-0.25, -0.2) is 13.6 Å². The summed E-state index contributed by atoms with van der Waals surface area (Å²) in [7, 11) is -4.14. The molecule has 0 fully saturated rings. The van der Waals surface area contributed by atoms with Crippen LogP contribution in [0.25, 0.3) is 0 Å². The average Bonchev–Trinajstić information content (AvgIpc) is 2.70. The van der Waals surface area contributed by atoms with Crippen LogP contribution in [0.3, 0.4) is 0 Å². The summed E-state index contributed by atoms with van der Waals surface area (Å²) in [5.41, 5.74) is 1.16. The van der Waals surface area contributed by atoms with Crippen LogP contribution >= 0.6 is 11.6 Å². The molecule has 0 aliphatic heterocycles. The Kier molecular flexibility index (Phi) is 6.37. The van der Waals surface area contributed by atoms with E-state index in [0.29, 0.717) is 16.1 Å². The molecule has 3 aromatic carbocycles. The molecule has 7 nitrogen and oxygen atoms in total. The van der Waals surface area contributed by atoms with Gasteiger partial charge in [0.2, 0.25) is 15.9 Å². The molecule has 9 heteroatoms. The summed E-state index contributed by atoms with van der Waals surface area (Å²) >= 11 is 6.10. The second kappa shape index (κ2) is 8.97. The number of halogens is 1. The summed E-state index contributed by atoms with van der Waals surface area (Å²) in [5, 5.41) is 17.3. The largest absolute Gasteiger partial charge is 0.454 e. The molecule has 3 aromatic rings. The Balaban J connectivity index is 1.94. The number of nitriles is 1. The number of carbonyl (C=O) groups is 1. The van der Waals surface area contributed by atoms with Gasteiger partial charge in [0, 0.05) is 5.02 Å². The number of nitrogens with two attached hydrogens (primary N) is 1. The number of para-hydroxylation sites is 1. The van der Waals surface area contributed by atoms with Crippen molar-refractivity contribution in [2.75, 3.05) is 5.32 Å². The Bertz CT molecular complexity index is 1240. The zero-order chi connectivity index (χ0) is 21.7. The molecule has 0 spiro atoms. The monoisotopic (exact) mass is 441 g/mol. The highest BCUT2D eigenvalue weighted by molar-refractivity contribution is 7.89. The topological polar surface area (TPSA) is 122 Å². The van der Waals surface area contributed by atoms with E-state index >= 15 is 0 Å². The molecule has 0 heterocycles. The molecule has 3 rings (SSSR count). The lowest BCUT2D eigenvalue weighted by Crippen LogP contribution is -2.18. The van der Waals surface area contributed by atoms with Crippen LogP contribution in [0.15, 0.2) is 71.6 Å². The van der Waals surface area contributed by atoms with Gasteiger partial charge < -0.3 is 10.1 Å². The van der Waals surface area contributed by atoms with Crippen molar-refractivity contribution in [1.29, 1.82) is 5.26 Å². The minimum Gasteiger partial charge on any atom is -0.454 e. The number of benzene rings is 3. The van der Waals surface area contributed by atoms with Gasteiger partial charge >= 0.3 is 0 Å². The third-order valence-electron chi connectivity index (χ3n) is 4.07. The summed E-state index contributed by atoms with van der Waals surface area (Å²) in [6.07, 6.45) is -0.0183. The smallest absolute Gasteiger partial charge is 0.241 e. The predicted octanol–water partition coefficient (Wildman–Crippen LogP) is 3.83. The first kappa shape index (κ1) is 21.3. The van der Waals surface area contributed by atoms with Crippen LogP contribution in [0, 0.1) is 11.3 Å². The van der Waals surface area contributed by atoms with E-state index in [-0.39, 0.29) is 28.5 Å². The number of nitrogens with one attached hydrogen (secondary N) is 1. The Morgan fingerprint density at radius 1 is 1.07 bits per heavy atom. The first-order valence-electron chi connectivity index (χ1n) is 8.65. The minimum atomic E-state index is -4.14. The molecular weight excluding hydrogens is 426 g/mol. The van der Waals surface area contributed by atoms with Crippen LogP contribution in [0.4, 0.5) is 5.69 Å². The van der Waals surface area contributed by atoms with Gasteiger partial charge in [-0.2, -0.15) is 5.26 Å². The van der Waals surface area contributed by atoms with Gasteiger partial charge in [-0.15, -0.1) is 0 Å². The standard InChI is InChI=1S/C21H16ClN3O4S/c22-17-5-2-1-4-15(17)12-20(26)25-18-6-3-7-19(30(24,27)28)21(18)29-16-10-8-14(13-23)9-11-16/h1-11H,12H2,(H,25,26)(H2,24,27,28).